The van der Waals surface area contributed by atoms with Gasteiger partial charge in [0.1, 0.15) is 9.90 Å². The molecule has 0 spiro atoms. The highest BCUT2D eigenvalue weighted by Gasteiger charge is 2.27. The number of nitrogens with one attached hydrogen (secondary N) is 1. The maximum atomic E-state index is 12.2. The SMILES string of the molecule is CCCCCCNc1sc(C(C)=O)c(N)c1S(=O)(=O)CC. The fourth-order valence-corrected chi connectivity index (χ4v) is 4.60. The Morgan fingerprint density at radius 1 is 1.24 bits per heavy atom. The molecule has 0 fully saturated rings. The second-order valence-corrected chi connectivity index (χ2v) is 8.19. The van der Waals surface area contributed by atoms with Gasteiger partial charge >= 0.3 is 0 Å². The summed E-state index contributed by atoms with van der Waals surface area (Å²) >= 11 is 1.14. The first-order valence-corrected chi connectivity index (χ1v) is 9.71. The summed E-state index contributed by atoms with van der Waals surface area (Å²) in [6.07, 6.45) is 4.37. The molecule has 1 aromatic rings. The van der Waals surface area contributed by atoms with Crippen LogP contribution in [0, 0.1) is 0 Å². The van der Waals surface area contributed by atoms with E-state index in [4.69, 9.17) is 5.73 Å². The van der Waals surface area contributed by atoms with Crippen molar-refractivity contribution in [1.82, 2.24) is 0 Å². The molecule has 0 aliphatic rings. The molecule has 0 radical (unpaired) electrons. The van der Waals surface area contributed by atoms with Crippen molar-refractivity contribution in [2.24, 2.45) is 0 Å². The molecule has 0 atom stereocenters. The first-order chi connectivity index (χ1) is 9.85. The number of hydrogen-bond donors (Lipinski definition) is 2. The number of nitrogen functional groups attached to an aromatic ring is 1. The van der Waals surface area contributed by atoms with E-state index in [1.54, 1.807) is 6.92 Å². The Morgan fingerprint density at radius 2 is 1.90 bits per heavy atom. The van der Waals surface area contributed by atoms with Crippen LogP contribution in [0.4, 0.5) is 10.7 Å². The van der Waals surface area contributed by atoms with E-state index < -0.39 is 9.84 Å². The van der Waals surface area contributed by atoms with Crippen LogP contribution in [0.3, 0.4) is 0 Å². The van der Waals surface area contributed by atoms with Crippen LogP contribution in [0.2, 0.25) is 0 Å². The van der Waals surface area contributed by atoms with Gasteiger partial charge in [-0.05, 0) is 6.42 Å². The summed E-state index contributed by atoms with van der Waals surface area (Å²) < 4.78 is 24.4. The van der Waals surface area contributed by atoms with Crippen molar-refractivity contribution in [2.45, 2.75) is 51.3 Å². The van der Waals surface area contributed by atoms with Crippen molar-refractivity contribution in [3.63, 3.8) is 0 Å². The maximum Gasteiger partial charge on any atom is 0.183 e. The zero-order chi connectivity index (χ0) is 16.0. The van der Waals surface area contributed by atoms with Crippen LogP contribution in [0.15, 0.2) is 4.90 Å². The quantitative estimate of drug-likeness (QED) is 0.535. The van der Waals surface area contributed by atoms with Gasteiger partial charge < -0.3 is 11.1 Å². The molecule has 1 aromatic heterocycles. The van der Waals surface area contributed by atoms with Gasteiger partial charge in [-0.15, -0.1) is 11.3 Å². The molecule has 3 N–H and O–H groups in total. The summed E-state index contributed by atoms with van der Waals surface area (Å²) in [7, 11) is -3.45. The minimum Gasteiger partial charge on any atom is -0.396 e. The second-order valence-electron chi connectivity index (χ2n) is 4.95. The monoisotopic (exact) mass is 332 g/mol. The lowest BCUT2D eigenvalue weighted by Crippen LogP contribution is -2.10. The molecule has 1 heterocycles. The van der Waals surface area contributed by atoms with E-state index in [9.17, 15) is 13.2 Å². The van der Waals surface area contributed by atoms with Gasteiger partial charge in [0.15, 0.2) is 15.6 Å². The van der Waals surface area contributed by atoms with Crippen LogP contribution >= 0.6 is 11.3 Å². The van der Waals surface area contributed by atoms with Crippen LogP contribution in [-0.4, -0.2) is 26.5 Å². The second kappa shape index (κ2) is 7.79. The Morgan fingerprint density at radius 3 is 2.43 bits per heavy atom. The number of unbranched alkanes of at least 4 members (excludes halogenated alkanes) is 3. The normalized spacial score (nSPS) is 11.6. The van der Waals surface area contributed by atoms with Gasteiger partial charge in [-0.3, -0.25) is 4.79 Å². The number of rotatable bonds is 9. The van der Waals surface area contributed by atoms with Crippen molar-refractivity contribution in [2.75, 3.05) is 23.3 Å². The van der Waals surface area contributed by atoms with Gasteiger partial charge in [0.25, 0.3) is 0 Å². The molecule has 1 rings (SSSR count). The lowest BCUT2D eigenvalue weighted by molar-refractivity contribution is 0.102. The molecule has 0 aliphatic carbocycles. The van der Waals surface area contributed by atoms with E-state index in [0.29, 0.717) is 16.4 Å². The Hall–Kier alpha value is -1.08. The highest BCUT2D eigenvalue weighted by Crippen LogP contribution is 2.39. The number of thiophene rings is 1. The highest BCUT2D eigenvalue weighted by atomic mass is 32.2. The van der Waals surface area contributed by atoms with Gasteiger partial charge in [0.05, 0.1) is 16.3 Å². The third-order valence-corrected chi connectivity index (χ3v) is 6.43. The molecule has 0 bridgehead atoms. The molecule has 120 valence electrons. The topological polar surface area (TPSA) is 89.3 Å². The summed E-state index contributed by atoms with van der Waals surface area (Å²) in [5.74, 6) is -0.237. The van der Waals surface area contributed by atoms with Gasteiger partial charge in [0, 0.05) is 13.5 Å². The first kappa shape index (κ1) is 18.0. The number of Topliss-reactive ketones (excluding diaryl/α,β-unsaturated/α-hetero) is 1. The van der Waals surface area contributed by atoms with E-state index >= 15 is 0 Å². The molecular weight excluding hydrogens is 308 g/mol. The number of anilines is 2. The van der Waals surface area contributed by atoms with Crippen LogP contribution in [0.5, 0.6) is 0 Å². The molecule has 0 unspecified atom stereocenters. The van der Waals surface area contributed by atoms with Crippen LogP contribution in [-0.2, 0) is 9.84 Å². The summed E-state index contributed by atoms with van der Waals surface area (Å²) in [6, 6.07) is 0. The lowest BCUT2D eigenvalue weighted by atomic mass is 10.2. The fraction of sp³-hybridized carbons (Fsp3) is 0.643. The zero-order valence-electron chi connectivity index (χ0n) is 12.9. The van der Waals surface area contributed by atoms with E-state index in [1.165, 1.54) is 6.92 Å². The molecule has 5 nitrogen and oxygen atoms in total. The Labute approximate surface area is 130 Å². The Kier molecular flexibility index (Phi) is 6.67. The molecule has 0 aliphatic heterocycles. The largest absolute Gasteiger partial charge is 0.396 e. The predicted octanol–water partition coefficient (Wildman–Crippen LogP) is 3.32. The minimum absolute atomic E-state index is 0.0320. The lowest BCUT2D eigenvalue weighted by Gasteiger charge is -2.07. The standard InChI is InChI=1S/C14H24N2O3S2/c1-4-6-7-8-9-16-14-13(21(18,19)5-2)11(15)12(20-14)10(3)17/h16H,4-9,15H2,1-3H3. The van der Waals surface area contributed by atoms with E-state index in [0.717, 1.165) is 37.0 Å². The smallest absolute Gasteiger partial charge is 0.183 e. The van der Waals surface area contributed by atoms with Gasteiger partial charge in [-0.25, -0.2) is 8.42 Å². The predicted molar refractivity (Wildman–Crippen MR) is 89.1 cm³/mol. The van der Waals surface area contributed by atoms with Crippen molar-refractivity contribution in [3.8, 4) is 0 Å². The summed E-state index contributed by atoms with van der Waals surface area (Å²) in [4.78, 5) is 12.0. The molecule has 0 saturated heterocycles. The maximum absolute atomic E-state index is 12.2. The Balaban J connectivity index is 3.01. The molecule has 21 heavy (non-hydrogen) atoms. The Bertz CT molecular complexity index is 592. The number of hydrogen-bond acceptors (Lipinski definition) is 6. The van der Waals surface area contributed by atoms with Crippen LogP contribution in [0.25, 0.3) is 0 Å². The fourth-order valence-electron chi connectivity index (χ4n) is 2.01. The number of sulfone groups is 1. The van der Waals surface area contributed by atoms with Gasteiger partial charge in [-0.2, -0.15) is 0 Å². The number of carbonyl (C=O) groups is 1. The zero-order valence-corrected chi connectivity index (χ0v) is 14.5. The summed E-state index contributed by atoms with van der Waals surface area (Å²) in [5, 5.41) is 3.63. The molecule has 0 aromatic carbocycles. The molecule has 0 amide bonds. The average molecular weight is 332 g/mol. The van der Waals surface area contributed by atoms with Crippen molar-refractivity contribution >= 4 is 37.6 Å². The van der Waals surface area contributed by atoms with Gasteiger partial charge in [-0.1, -0.05) is 33.1 Å². The number of ketones is 1. The third-order valence-electron chi connectivity index (χ3n) is 3.23. The van der Waals surface area contributed by atoms with Gasteiger partial charge in [0.2, 0.25) is 0 Å². The molecule has 0 saturated carbocycles. The summed E-state index contributed by atoms with van der Waals surface area (Å²) in [5.41, 5.74) is 5.98. The minimum atomic E-state index is -3.45. The van der Waals surface area contributed by atoms with E-state index in [1.807, 2.05) is 0 Å². The average Bonchev–Trinajstić information content (AvgIpc) is 2.76. The number of carbonyl (C=O) groups excluding carboxylic acids is 1. The van der Waals surface area contributed by atoms with E-state index in [-0.39, 0.29) is 22.1 Å². The third kappa shape index (κ3) is 4.44. The number of nitrogens with two attached hydrogens (primary N) is 1. The molecule has 7 heteroatoms. The van der Waals surface area contributed by atoms with Crippen LogP contribution in [0.1, 0.15) is 56.1 Å². The van der Waals surface area contributed by atoms with E-state index in [2.05, 4.69) is 12.2 Å². The first-order valence-electron chi connectivity index (χ1n) is 7.24. The van der Waals surface area contributed by atoms with Crippen molar-refractivity contribution in [1.29, 1.82) is 0 Å². The van der Waals surface area contributed by atoms with Crippen molar-refractivity contribution in [3.05, 3.63) is 4.88 Å². The molecular formula is C14H24N2O3S2. The highest BCUT2D eigenvalue weighted by molar-refractivity contribution is 7.91. The van der Waals surface area contributed by atoms with Crippen LogP contribution < -0.4 is 11.1 Å². The summed E-state index contributed by atoms with van der Waals surface area (Å²) in [6.45, 7) is 5.79. The van der Waals surface area contributed by atoms with Crippen molar-refractivity contribution < 1.29 is 13.2 Å².